The van der Waals surface area contributed by atoms with Crippen LogP contribution >= 0.6 is 0 Å². The van der Waals surface area contributed by atoms with Crippen molar-refractivity contribution in [3.05, 3.63) is 0 Å². The predicted molar refractivity (Wildman–Crippen MR) is 49.6 cm³/mol. The number of nitrogens with one attached hydrogen (secondary N) is 1. The highest BCUT2D eigenvalue weighted by atomic mass is 32.2. The average molecular weight is 203 g/mol. The van der Waals surface area contributed by atoms with E-state index in [0.717, 1.165) is 0 Å². The number of hydrogen-bond donors (Lipinski definition) is 1. The van der Waals surface area contributed by atoms with Gasteiger partial charge in [0.25, 0.3) is 0 Å². The molecule has 1 rings (SSSR count). The standard InChI is InChI=1S/C8H13NO3S/c1-2-5-9-13(10,11)8-3-6-12-7-4-8/h1,8-9H,3-7H2. The molecule has 4 nitrogen and oxygen atoms in total. The maximum absolute atomic E-state index is 11.5. The van der Waals surface area contributed by atoms with Crippen molar-refractivity contribution in [1.29, 1.82) is 0 Å². The third-order valence-electron chi connectivity index (χ3n) is 1.98. The SMILES string of the molecule is C#CCNS(=O)(=O)C1CCOCC1. The zero-order chi connectivity index (χ0) is 9.73. The van der Waals surface area contributed by atoms with Crippen LogP contribution in [0.4, 0.5) is 0 Å². The molecule has 0 radical (unpaired) electrons. The molecular formula is C8H13NO3S. The van der Waals surface area contributed by atoms with Crippen molar-refractivity contribution >= 4 is 10.0 Å². The molecule has 0 aliphatic carbocycles. The van der Waals surface area contributed by atoms with E-state index >= 15 is 0 Å². The van der Waals surface area contributed by atoms with E-state index in [-0.39, 0.29) is 11.8 Å². The Bertz CT molecular complexity index is 285. The van der Waals surface area contributed by atoms with Crippen LogP contribution in [-0.2, 0) is 14.8 Å². The lowest BCUT2D eigenvalue weighted by Crippen LogP contribution is -2.38. The van der Waals surface area contributed by atoms with Crippen molar-refractivity contribution in [1.82, 2.24) is 4.72 Å². The van der Waals surface area contributed by atoms with Crippen molar-refractivity contribution in [2.45, 2.75) is 18.1 Å². The second kappa shape index (κ2) is 4.61. The molecule has 0 atom stereocenters. The second-order valence-electron chi connectivity index (χ2n) is 2.88. The van der Waals surface area contributed by atoms with Gasteiger partial charge < -0.3 is 4.74 Å². The summed E-state index contributed by atoms with van der Waals surface area (Å²) in [5.41, 5.74) is 0. The lowest BCUT2D eigenvalue weighted by atomic mass is 10.2. The van der Waals surface area contributed by atoms with Crippen molar-refractivity contribution in [2.75, 3.05) is 19.8 Å². The van der Waals surface area contributed by atoms with Gasteiger partial charge in [0.2, 0.25) is 10.0 Å². The molecule has 0 amide bonds. The van der Waals surface area contributed by atoms with Crippen molar-refractivity contribution in [2.24, 2.45) is 0 Å². The molecule has 74 valence electrons. The number of hydrogen-bond acceptors (Lipinski definition) is 3. The molecule has 0 unspecified atom stereocenters. The highest BCUT2D eigenvalue weighted by molar-refractivity contribution is 7.90. The summed E-state index contributed by atoms with van der Waals surface area (Å²) in [6, 6.07) is 0. The van der Waals surface area contributed by atoms with Gasteiger partial charge >= 0.3 is 0 Å². The average Bonchev–Trinajstić information content (AvgIpc) is 2.16. The number of rotatable bonds is 3. The summed E-state index contributed by atoms with van der Waals surface area (Å²) in [7, 11) is -3.22. The summed E-state index contributed by atoms with van der Waals surface area (Å²) >= 11 is 0. The minimum absolute atomic E-state index is 0.0691. The Balaban J connectivity index is 2.53. The smallest absolute Gasteiger partial charge is 0.215 e. The summed E-state index contributed by atoms with van der Waals surface area (Å²) in [6.07, 6.45) is 6.07. The molecule has 0 aromatic heterocycles. The maximum atomic E-state index is 11.5. The van der Waals surface area contributed by atoms with Gasteiger partial charge in [-0.2, -0.15) is 0 Å². The van der Waals surface area contributed by atoms with Crippen LogP contribution < -0.4 is 4.72 Å². The minimum atomic E-state index is -3.22. The van der Waals surface area contributed by atoms with E-state index in [2.05, 4.69) is 10.6 Å². The van der Waals surface area contributed by atoms with E-state index < -0.39 is 10.0 Å². The fraction of sp³-hybridized carbons (Fsp3) is 0.750. The Kier molecular flexibility index (Phi) is 3.72. The van der Waals surface area contributed by atoms with Crippen molar-refractivity contribution in [3.8, 4) is 12.3 Å². The Labute approximate surface area is 78.7 Å². The molecule has 1 aliphatic heterocycles. The first-order valence-corrected chi connectivity index (χ1v) is 5.71. The molecule has 0 saturated carbocycles. The molecule has 1 N–H and O–H groups in total. The van der Waals surface area contributed by atoms with E-state index in [4.69, 9.17) is 11.2 Å². The van der Waals surface area contributed by atoms with Gasteiger partial charge in [-0.05, 0) is 12.8 Å². The molecule has 1 fully saturated rings. The lowest BCUT2D eigenvalue weighted by Gasteiger charge is -2.21. The monoisotopic (exact) mass is 203 g/mol. The summed E-state index contributed by atoms with van der Waals surface area (Å²) in [5, 5.41) is -0.338. The van der Waals surface area contributed by atoms with E-state index in [1.807, 2.05) is 0 Å². The third-order valence-corrected chi connectivity index (χ3v) is 3.88. The van der Waals surface area contributed by atoms with Gasteiger partial charge in [-0.15, -0.1) is 6.42 Å². The second-order valence-corrected chi connectivity index (χ2v) is 4.93. The van der Waals surface area contributed by atoms with Crippen LogP contribution in [0.15, 0.2) is 0 Å². The first kappa shape index (κ1) is 10.5. The topological polar surface area (TPSA) is 55.4 Å². The van der Waals surface area contributed by atoms with Gasteiger partial charge in [0.05, 0.1) is 11.8 Å². The van der Waals surface area contributed by atoms with Gasteiger partial charge in [0.15, 0.2) is 0 Å². The fourth-order valence-corrected chi connectivity index (χ4v) is 2.58. The number of sulfonamides is 1. The molecular weight excluding hydrogens is 190 g/mol. The molecule has 0 spiro atoms. The molecule has 1 aliphatic rings. The zero-order valence-corrected chi connectivity index (χ0v) is 8.14. The predicted octanol–water partition coefficient (Wildman–Crippen LogP) is -0.282. The molecule has 13 heavy (non-hydrogen) atoms. The Morgan fingerprint density at radius 3 is 2.62 bits per heavy atom. The lowest BCUT2D eigenvalue weighted by molar-refractivity contribution is 0.0982. The van der Waals surface area contributed by atoms with Crippen LogP contribution in [0.25, 0.3) is 0 Å². The van der Waals surface area contributed by atoms with Gasteiger partial charge in [-0.1, -0.05) is 5.92 Å². The van der Waals surface area contributed by atoms with E-state index in [1.165, 1.54) is 0 Å². The van der Waals surface area contributed by atoms with E-state index in [9.17, 15) is 8.42 Å². The van der Waals surface area contributed by atoms with Crippen LogP contribution in [0.5, 0.6) is 0 Å². The summed E-state index contributed by atoms with van der Waals surface area (Å²) in [4.78, 5) is 0. The van der Waals surface area contributed by atoms with Crippen LogP contribution in [-0.4, -0.2) is 33.4 Å². The van der Waals surface area contributed by atoms with Crippen LogP contribution in [0.1, 0.15) is 12.8 Å². The Morgan fingerprint density at radius 1 is 1.46 bits per heavy atom. The van der Waals surface area contributed by atoms with Crippen molar-refractivity contribution in [3.63, 3.8) is 0 Å². The largest absolute Gasteiger partial charge is 0.381 e. The Hall–Kier alpha value is -0.570. The van der Waals surface area contributed by atoms with E-state index in [0.29, 0.717) is 26.1 Å². The molecule has 5 heteroatoms. The van der Waals surface area contributed by atoms with E-state index in [1.54, 1.807) is 0 Å². The molecule has 0 aromatic rings. The molecule has 0 bridgehead atoms. The number of terminal acetylenes is 1. The van der Waals surface area contributed by atoms with Gasteiger partial charge in [0, 0.05) is 13.2 Å². The molecule has 1 heterocycles. The van der Waals surface area contributed by atoms with Gasteiger partial charge in [-0.3, -0.25) is 0 Å². The number of ether oxygens (including phenoxy) is 1. The van der Waals surface area contributed by atoms with Crippen LogP contribution in [0.3, 0.4) is 0 Å². The molecule has 1 saturated heterocycles. The third kappa shape index (κ3) is 2.99. The Morgan fingerprint density at radius 2 is 2.08 bits per heavy atom. The van der Waals surface area contributed by atoms with Crippen LogP contribution in [0.2, 0.25) is 0 Å². The maximum Gasteiger partial charge on any atom is 0.215 e. The fourth-order valence-electron chi connectivity index (χ4n) is 1.25. The van der Waals surface area contributed by atoms with Gasteiger partial charge in [0.1, 0.15) is 0 Å². The normalized spacial score (nSPS) is 19.6. The van der Waals surface area contributed by atoms with Crippen molar-refractivity contribution < 1.29 is 13.2 Å². The van der Waals surface area contributed by atoms with Gasteiger partial charge in [-0.25, -0.2) is 13.1 Å². The summed E-state index contributed by atoms with van der Waals surface area (Å²) < 4.78 is 30.4. The highest BCUT2D eigenvalue weighted by Gasteiger charge is 2.26. The quantitative estimate of drug-likeness (QED) is 0.642. The minimum Gasteiger partial charge on any atom is -0.381 e. The zero-order valence-electron chi connectivity index (χ0n) is 7.32. The van der Waals surface area contributed by atoms with Crippen LogP contribution in [0, 0.1) is 12.3 Å². The summed E-state index contributed by atoms with van der Waals surface area (Å²) in [6.45, 7) is 1.10. The molecule has 0 aromatic carbocycles. The highest BCUT2D eigenvalue weighted by Crippen LogP contribution is 2.14. The first-order valence-electron chi connectivity index (χ1n) is 4.16. The first-order chi connectivity index (χ1) is 6.17. The summed E-state index contributed by atoms with van der Waals surface area (Å²) in [5.74, 6) is 2.24.